The Bertz CT molecular complexity index is 671. The molecule has 24 heavy (non-hydrogen) atoms. The third kappa shape index (κ3) is 3.13. The largest absolute Gasteiger partial charge is 0.370 e. The summed E-state index contributed by atoms with van der Waals surface area (Å²) in [5.74, 6) is 2.30. The van der Waals surface area contributed by atoms with Crippen LogP contribution in [0.5, 0.6) is 0 Å². The Balaban J connectivity index is 1.34. The highest BCUT2D eigenvalue weighted by molar-refractivity contribution is 5.12. The van der Waals surface area contributed by atoms with Crippen molar-refractivity contribution in [2.45, 2.75) is 31.3 Å². The second-order valence-corrected chi connectivity index (χ2v) is 7.26. The first kappa shape index (κ1) is 15.8. The number of hydrogen-bond donors (Lipinski definition) is 0. The van der Waals surface area contributed by atoms with E-state index < -0.39 is 0 Å². The van der Waals surface area contributed by atoms with Gasteiger partial charge in [-0.1, -0.05) is 0 Å². The number of rotatable bonds is 4. The molecule has 2 saturated heterocycles. The summed E-state index contributed by atoms with van der Waals surface area (Å²) in [5.41, 5.74) is 1.40. The van der Waals surface area contributed by atoms with Crippen LogP contribution < -0.4 is 0 Å². The molecule has 2 aliphatic heterocycles. The smallest absolute Gasteiger partial charge is 0.137 e. The van der Waals surface area contributed by atoms with Crippen LogP contribution in [-0.4, -0.2) is 50.5 Å². The third-order valence-electron chi connectivity index (χ3n) is 5.60. The Morgan fingerprint density at radius 3 is 2.71 bits per heavy atom. The van der Waals surface area contributed by atoms with E-state index in [2.05, 4.69) is 32.8 Å². The van der Waals surface area contributed by atoms with Crippen LogP contribution in [-0.2, 0) is 18.8 Å². The van der Waals surface area contributed by atoms with Crippen LogP contribution in [0, 0.1) is 5.92 Å². The SMILES string of the molecule is Cn1cc(C2CCN(C[C@@H]3CCO[C@H]3c3nccn3C)CC2)cn1. The van der Waals surface area contributed by atoms with E-state index in [0.29, 0.717) is 11.8 Å². The topological polar surface area (TPSA) is 48.1 Å². The van der Waals surface area contributed by atoms with Gasteiger partial charge < -0.3 is 14.2 Å². The predicted molar refractivity (Wildman–Crippen MR) is 91.6 cm³/mol. The Kier molecular flexibility index (Phi) is 4.41. The van der Waals surface area contributed by atoms with Gasteiger partial charge in [0.15, 0.2) is 0 Å². The van der Waals surface area contributed by atoms with Gasteiger partial charge in [-0.25, -0.2) is 4.98 Å². The van der Waals surface area contributed by atoms with Gasteiger partial charge in [-0.2, -0.15) is 5.10 Å². The molecule has 4 rings (SSSR count). The van der Waals surface area contributed by atoms with Crippen LogP contribution in [0.4, 0.5) is 0 Å². The van der Waals surface area contributed by atoms with Crippen molar-refractivity contribution in [1.82, 2.24) is 24.2 Å². The van der Waals surface area contributed by atoms with E-state index in [1.807, 2.05) is 30.3 Å². The first-order valence-electron chi connectivity index (χ1n) is 9.00. The highest BCUT2D eigenvalue weighted by Crippen LogP contribution is 2.35. The van der Waals surface area contributed by atoms with Gasteiger partial charge in [0.1, 0.15) is 11.9 Å². The monoisotopic (exact) mass is 329 g/mol. The van der Waals surface area contributed by atoms with Gasteiger partial charge in [-0.3, -0.25) is 4.68 Å². The Morgan fingerprint density at radius 2 is 2.04 bits per heavy atom. The van der Waals surface area contributed by atoms with Crippen LogP contribution in [0.2, 0.25) is 0 Å². The van der Waals surface area contributed by atoms with Crippen LogP contribution >= 0.6 is 0 Å². The molecular weight excluding hydrogens is 302 g/mol. The lowest BCUT2D eigenvalue weighted by Crippen LogP contribution is -2.37. The van der Waals surface area contributed by atoms with Crippen LogP contribution in [0.15, 0.2) is 24.8 Å². The molecule has 4 heterocycles. The predicted octanol–water partition coefficient (Wildman–Crippen LogP) is 2.11. The number of ether oxygens (including phenoxy) is 1. The molecule has 0 aliphatic carbocycles. The third-order valence-corrected chi connectivity index (χ3v) is 5.60. The second-order valence-electron chi connectivity index (χ2n) is 7.26. The van der Waals surface area contributed by atoms with Crippen molar-refractivity contribution >= 4 is 0 Å². The Morgan fingerprint density at radius 1 is 1.21 bits per heavy atom. The molecule has 2 aromatic heterocycles. The van der Waals surface area contributed by atoms with Crippen LogP contribution in [0.1, 0.15) is 42.7 Å². The van der Waals surface area contributed by atoms with E-state index in [-0.39, 0.29) is 6.10 Å². The maximum Gasteiger partial charge on any atom is 0.137 e. The zero-order chi connectivity index (χ0) is 16.5. The number of imidazole rings is 1. The van der Waals surface area contributed by atoms with Crippen molar-refractivity contribution in [3.8, 4) is 0 Å². The van der Waals surface area contributed by atoms with Gasteiger partial charge in [-0.15, -0.1) is 0 Å². The van der Waals surface area contributed by atoms with Gasteiger partial charge in [0.2, 0.25) is 0 Å². The minimum Gasteiger partial charge on any atom is -0.370 e. The van der Waals surface area contributed by atoms with E-state index in [0.717, 1.165) is 25.4 Å². The molecule has 2 aliphatic rings. The second kappa shape index (κ2) is 6.69. The van der Waals surface area contributed by atoms with Crippen molar-refractivity contribution in [3.05, 3.63) is 36.2 Å². The molecule has 0 amide bonds. The highest BCUT2D eigenvalue weighted by Gasteiger charge is 2.34. The van der Waals surface area contributed by atoms with E-state index >= 15 is 0 Å². The van der Waals surface area contributed by atoms with Crippen molar-refractivity contribution in [1.29, 1.82) is 0 Å². The fourth-order valence-corrected chi connectivity index (χ4v) is 4.19. The van der Waals surface area contributed by atoms with Gasteiger partial charge in [0.25, 0.3) is 0 Å². The lowest BCUT2D eigenvalue weighted by Gasteiger charge is -2.34. The quantitative estimate of drug-likeness (QED) is 0.862. The fourth-order valence-electron chi connectivity index (χ4n) is 4.19. The molecular formula is C18H27N5O. The maximum absolute atomic E-state index is 6.00. The molecule has 0 bridgehead atoms. The molecule has 2 aromatic rings. The molecule has 2 fully saturated rings. The minimum absolute atomic E-state index is 0.154. The molecule has 130 valence electrons. The van der Waals surface area contributed by atoms with Crippen molar-refractivity contribution < 1.29 is 4.74 Å². The zero-order valence-electron chi connectivity index (χ0n) is 14.6. The highest BCUT2D eigenvalue weighted by atomic mass is 16.5. The summed E-state index contributed by atoms with van der Waals surface area (Å²) in [7, 11) is 4.05. The van der Waals surface area contributed by atoms with Gasteiger partial charge in [0.05, 0.1) is 6.20 Å². The molecule has 0 saturated carbocycles. The molecule has 2 atom stereocenters. The van der Waals surface area contributed by atoms with E-state index in [1.54, 1.807) is 0 Å². The van der Waals surface area contributed by atoms with Gasteiger partial charge >= 0.3 is 0 Å². The minimum atomic E-state index is 0.154. The standard InChI is InChI=1S/C18H27N5O/c1-21-9-6-19-18(21)17-15(5-10-24-17)13-23-7-3-14(4-8-23)16-11-20-22(2)12-16/h6,9,11-12,14-15,17H,3-5,7-8,10,13H2,1-2H3/t15-,17+/m0/s1. The summed E-state index contributed by atoms with van der Waals surface area (Å²) in [4.78, 5) is 7.12. The normalized spacial score (nSPS) is 26.2. The number of aryl methyl sites for hydroxylation is 2. The first-order chi connectivity index (χ1) is 11.7. The van der Waals surface area contributed by atoms with E-state index in [1.165, 1.54) is 31.5 Å². The van der Waals surface area contributed by atoms with Crippen molar-refractivity contribution in [2.24, 2.45) is 20.0 Å². The average Bonchev–Trinajstić information content (AvgIpc) is 3.30. The van der Waals surface area contributed by atoms with Crippen LogP contribution in [0.25, 0.3) is 0 Å². The van der Waals surface area contributed by atoms with E-state index in [4.69, 9.17) is 4.74 Å². The summed E-state index contributed by atoms with van der Waals surface area (Å²) in [5, 5.41) is 4.32. The number of piperidine rings is 1. The number of aromatic nitrogens is 4. The summed E-state index contributed by atoms with van der Waals surface area (Å²) in [6.07, 6.45) is 11.8. The molecule has 6 nitrogen and oxygen atoms in total. The zero-order valence-corrected chi connectivity index (χ0v) is 14.6. The maximum atomic E-state index is 6.00. The number of nitrogens with zero attached hydrogens (tertiary/aromatic N) is 5. The molecule has 6 heteroatoms. The molecule has 0 unspecified atom stereocenters. The van der Waals surface area contributed by atoms with Crippen molar-refractivity contribution in [2.75, 3.05) is 26.2 Å². The average molecular weight is 329 g/mol. The number of likely N-dealkylation sites (tertiary alicyclic amines) is 1. The molecule has 0 spiro atoms. The summed E-state index contributed by atoms with van der Waals surface area (Å²) in [6.45, 7) is 4.32. The van der Waals surface area contributed by atoms with Crippen molar-refractivity contribution in [3.63, 3.8) is 0 Å². The summed E-state index contributed by atoms with van der Waals surface area (Å²) in [6, 6.07) is 0. The Labute approximate surface area is 143 Å². The fraction of sp³-hybridized carbons (Fsp3) is 0.667. The summed E-state index contributed by atoms with van der Waals surface area (Å²) >= 11 is 0. The lowest BCUT2D eigenvalue weighted by atomic mass is 9.90. The first-order valence-corrected chi connectivity index (χ1v) is 9.00. The van der Waals surface area contributed by atoms with Gasteiger partial charge in [-0.05, 0) is 43.8 Å². The molecule has 0 N–H and O–H groups in total. The Hall–Kier alpha value is -1.66. The van der Waals surface area contributed by atoms with Crippen LogP contribution in [0.3, 0.4) is 0 Å². The van der Waals surface area contributed by atoms with Gasteiger partial charge in [0, 0.05) is 51.8 Å². The molecule has 0 aromatic carbocycles. The summed E-state index contributed by atoms with van der Waals surface area (Å²) < 4.78 is 10.0. The number of hydrogen-bond acceptors (Lipinski definition) is 4. The lowest BCUT2D eigenvalue weighted by molar-refractivity contribution is 0.0656. The molecule has 0 radical (unpaired) electrons. The van der Waals surface area contributed by atoms with E-state index in [9.17, 15) is 0 Å².